The number of ether oxygens (including phenoxy) is 3. The molecule has 2 aromatic rings. The van der Waals surface area contributed by atoms with Crippen LogP contribution in [0.25, 0.3) is 0 Å². The molecule has 1 aliphatic heterocycles. The monoisotopic (exact) mass is 326 g/mol. The summed E-state index contributed by atoms with van der Waals surface area (Å²) in [6.07, 6.45) is 0. The van der Waals surface area contributed by atoms with Crippen LogP contribution in [0, 0.1) is 0 Å². The lowest BCUT2D eigenvalue weighted by Crippen LogP contribution is -2.44. The lowest BCUT2D eigenvalue weighted by Gasteiger charge is -2.32. The van der Waals surface area contributed by atoms with E-state index in [-0.39, 0.29) is 0 Å². The van der Waals surface area contributed by atoms with Crippen LogP contribution in [0.1, 0.15) is 12.5 Å². The summed E-state index contributed by atoms with van der Waals surface area (Å²) in [5, 5.41) is 3.33. The maximum absolute atomic E-state index is 6.36. The van der Waals surface area contributed by atoms with Crippen molar-refractivity contribution in [2.24, 2.45) is 4.99 Å². The maximum Gasteiger partial charge on any atom is 0.188 e. The second kappa shape index (κ2) is 6.83. The normalized spacial score (nSPS) is 15.9. The predicted molar refractivity (Wildman–Crippen MR) is 94.3 cm³/mol. The van der Waals surface area contributed by atoms with Crippen LogP contribution in [0.4, 0.5) is 0 Å². The molecule has 0 saturated heterocycles. The molecule has 24 heavy (non-hydrogen) atoms. The number of para-hydroxylation sites is 1. The van der Waals surface area contributed by atoms with Crippen molar-refractivity contribution in [3.63, 3.8) is 0 Å². The molecule has 1 atom stereocenters. The van der Waals surface area contributed by atoms with Gasteiger partial charge in [0.1, 0.15) is 11.6 Å². The van der Waals surface area contributed by atoms with E-state index in [1.807, 2.05) is 55.5 Å². The fourth-order valence-corrected chi connectivity index (χ4v) is 2.82. The Labute approximate surface area is 142 Å². The van der Waals surface area contributed by atoms with Gasteiger partial charge in [0, 0.05) is 12.1 Å². The van der Waals surface area contributed by atoms with Crippen molar-refractivity contribution < 1.29 is 14.2 Å². The fraction of sp³-hybridized carbons (Fsp3) is 0.316. The van der Waals surface area contributed by atoms with Crippen molar-refractivity contribution in [3.05, 3.63) is 54.1 Å². The van der Waals surface area contributed by atoms with E-state index in [2.05, 4.69) is 10.3 Å². The standard InChI is InChI=1S/C19H22N2O3/c1-19(18-20-11-12-21-18,24-15-7-5-4-6-8-15)14-9-10-16(22-2)17(13-14)23-3/h4-10,13H,11-12H2,1-3H3,(H,20,21). The summed E-state index contributed by atoms with van der Waals surface area (Å²) < 4.78 is 17.1. The summed E-state index contributed by atoms with van der Waals surface area (Å²) in [6, 6.07) is 15.5. The van der Waals surface area contributed by atoms with Crippen molar-refractivity contribution >= 4 is 5.84 Å². The summed E-state index contributed by atoms with van der Waals surface area (Å²) in [7, 11) is 3.25. The van der Waals surface area contributed by atoms with Gasteiger partial charge in [-0.2, -0.15) is 0 Å². The van der Waals surface area contributed by atoms with Gasteiger partial charge in [0.05, 0.1) is 20.8 Å². The molecule has 1 N–H and O–H groups in total. The first-order valence-corrected chi connectivity index (χ1v) is 7.93. The largest absolute Gasteiger partial charge is 0.493 e. The van der Waals surface area contributed by atoms with Crippen LogP contribution >= 0.6 is 0 Å². The minimum atomic E-state index is -0.739. The molecule has 126 valence electrons. The van der Waals surface area contributed by atoms with Gasteiger partial charge in [-0.1, -0.05) is 24.3 Å². The van der Waals surface area contributed by atoms with Gasteiger partial charge in [-0.15, -0.1) is 0 Å². The van der Waals surface area contributed by atoms with E-state index < -0.39 is 5.60 Å². The summed E-state index contributed by atoms with van der Waals surface area (Å²) >= 11 is 0. The number of amidine groups is 1. The summed E-state index contributed by atoms with van der Waals surface area (Å²) in [4.78, 5) is 4.59. The van der Waals surface area contributed by atoms with E-state index >= 15 is 0 Å². The molecule has 0 saturated carbocycles. The molecule has 5 heteroatoms. The number of methoxy groups -OCH3 is 2. The van der Waals surface area contributed by atoms with Crippen molar-refractivity contribution in [2.45, 2.75) is 12.5 Å². The number of nitrogens with one attached hydrogen (secondary N) is 1. The SMILES string of the molecule is COc1ccc(C(C)(Oc2ccccc2)C2=NCCN2)cc1OC. The highest BCUT2D eigenvalue weighted by molar-refractivity contribution is 5.93. The van der Waals surface area contributed by atoms with Crippen LogP contribution in [0.2, 0.25) is 0 Å². The zero-order valence-electron chi connectivity index (χ0n) is 14.2. The molecule has 2 aromatic carbocycles. The Morgan fingerprint density at radius 3 is 2.38 bits per heavy atom. The Balaban J connectivity index is 2.04. The summed E-state index contributed by atoms with van der Waals surface area (Å²) in [5.41, 5.74) is 0.203. The average molecular weight is 326 g/mol. The minimum Gasteiger partial charge on any atom is -0.493 e. The lowest BCUT2D eigenvalue weighted by molar-refractivity contribution is 0.158. The number of hydrogen-bond acceptors (Lipinski definition) is 5. The molecular formula is C19H22N2O3. The first kappa shape index (κ1) is 16.2. The Morgan fingerprint density at radius 2 is 1.75 bits per heavy atom. The zero-order chi connectivity index (χ0) is 17.0. The van der Waals surface area contributed by atoms with Crippen LogP contribution in [0.5, 0.6) is 17.2 Å². The van der Waals surface area contributed by atoms with E-state index in [9.17, 15) is 0 Å². The minimum absolute atomic E-state index is 0.663. The molecule has 1 heterocycles. The van der Waals surface area contributed by atoms with Crippen molar-refractivity contribution in [1.29, 1.82) is 0 Å². The highest BCUT2D eigenvalue weighted by atomic mass is 16.5. The van der Waals surface area contributed by atoms with Crippen molar-refractivity contribution in [3.8, 4) is 17.2 Å². The zero-order valence-corrected chi connectivity index (χ0v) is 14.2. The molecule has 1 unspecified atom stereocenters. The van der Waals surface area contributed by atoms with Gasteiger partial charge in [-0.05, 0) is 31.2 Å². The van der Waals surface area contributed by atoms with Crippen LogP contribution in [0.3, 0.4) is 0 Å². The third-order valence-electron chi connectivity index (χ3n) is 4.13. The first-order valence-electron chi connectivity index (χ1n) is 7.93. The Morgan fingerprint density at radius 1 is 1.00 bits per heavy atom. The topological polar surface area (TPSA) is 52.1 Å². The molecule has 0 bridgehead atoms. The number of hydrogen-bond donors (Lipinski definition) is 1. The van der Waals surface area contributed by atoms with Crippen LogP contribution in [0.15, 0.2) is 53.5 Å². The molecule has 0 aliphatic carbocycles. The fourth-order valence-electron chi connectivity index (χ4n) is 2.82. The van der Waals surface area contributed by atoms with Crippen LogP contribution in [-0.4, -0.2) is 33.1 Å². The van der Waals surface area contributed by atoms with Crippen LogP contribution < -0.4 is 19.5 Å². The molecule has 0 amide bonds. The third kappa shape index (κ3) is 3.02. The van der Waals surface area contributed by atoms with Gasteiger partial charge in [0.25, 0.3) is 0 Å². The highest BCUT2D eigenvalue weighted by Crippen LogP contribution is 2.35. The summed E-state index contributed by atoms with van der Waals surface area (Å²) in [5.74, 6) is 2.95. The van der Waals surface area contributed by atoms with Gasteiger partial charge in [-0.25, -0.2) is 0 Å². The molecule has 3 rings (SSSR count). The Hall–Kier alpha value is -2.69. The maximum atomic E-state index is 6.36. The molecule has 0 fully saturated rings. The quantitative estimate of drug-likeness (QED) is 0.886. The summed E-state index contributed by atoms with van der Waals surface area (Å²) in [6.45, 7) is 3.57. The van der Waals surface area contributed by atoms with Gasteiger partial charge in [0.2, 0.25) is 0 Å². The second-order valence-corrected chi connectivity index (χ2v) is 5.68. The average Bonchev–Trinajstić information content (AvgIpc) is 3.17. The second-order valence-electron chi connectivity index (χ2n) is 5.68. The smallest absolute Gasteiger partial charge is 0.188 e. The van der Waals surface area contributed by atoms with Crippen molar-refractivity contribution in [2.75, 3.05) is 27.3 Å². The molecule has 0 radical (unpaired) electrons. The number of benzene rings is 2. The van der Waals surface area contributed by atoms with E-state index in [4.69, 9.17) is 14.2 Å². The molecule has 0 aromatic heterocycles. The Kier molecular flexibility index (Phi) is 4.60. The van der Waals surface area contributed by atoms with Gasteiger partial charge in [-0.3, -0.25) is 4.99 Å². The molecule has 0 spiro atoms. The highest BCUT2D eigenvalue weighted by Gasteiger charge is 2.37. The van der Waals surface area contributed by atoms with E-state index in [1.54, 1.807) is 14.2 Å². The Bertz CT molecular complexity index is 731. The van der Waals surface area contributed by atoms with Gasteiger partial charge in [0.15, 0.2) is 17.1 Å². The first-order chi connectivity index (χ1) is 11.7. The number of nitrogens with zero attached hydrogens (tertiary/aromatic N) is 1. The predicted octanol–water partition coefficient (Wildman–Crippen LogP) is 3.00. The van der Waals surface area contributed by atoms with E-state index in [0.29, 0.717) is 11.5 Å². The van der Waals surface area contributed by atoms with Gasteiger partial charge >= 0.3 is 0 Å². The molecule has 5 nitrogen and oxygen atoms in total. The van der Waals surface area contributed by atoms with Crippen molar-refractivity contribution in [1.82, 2.24) is 5.32 Å². The number of rotatable bonds is 6. The lowest BCUT2D eigenvalue weighted by atomic mass is 9.93. The third-order valence-corrected chi connectivity index (χ3v) is 4.13. The molecule has 1 aliphatic rings. The molecular weight excluding hydrogens is 304 g/mol. The number of aliphatic imine (C=N–C) groups is 1. The van der Waals surface area contributed by atoms with Gasteiger partial charge < -0.3 is 19.5 Å². The van der Waals surface area contributed by atoms with E-state index in [1.165, 1.54) is 0 Å². The van der Waals surface area contributed by atoms with Crippen LogP contribution in [-0.2, 0) is 5.60 Å². The van der Waals surface area contributed by atoms with E-state index in [0.717, 1.165) is 30.2 Å².